The van der Waals surface area contributed by atoms with Crippen LogP contribution in [0.15, 0.2) is 21.2 Å². The third kappa shape index (κ3) is 1.05. The van der Waals surface area contributed by atoms with E-state index in [1.165, 1.54) is 0 Å². The van der Waals surface area contributed by atoms with Gasteiger partial charge in [0.05, 0.1) is 5.02 Å². The third-order valence-electron chi connectivity index (χ3n) is 1.47. The van der Waals surface area contributed by atoms with E-state index in [1.807, 2.05) is 0 Å². The van der Waals surface area contributed by atoms with Crippen molar-refractivity contribution in [1.29, 1.82) is 0 Å². The van der Waals surface area contributed by atoms with Gasteiger partial charge in [-0.3, -0.25) is 0 Å². The molecule has 0 unspecified atom stereocenters. The molecule has 6 heteroatoms. The molecule has 2 rings (SSSR count). The molecule has 0 bridgehead atoms. The van der Waals surface area contributed by atoms with E-state index in [0.717, 1.165) is 0 Å². The molecule has 2 aromatic rings. The normalized spacial score (nSPS) is 10.8. The molecule has 4 nitrogen and oxygen atoms in total. The molecule has 0 radical (unpaired) electrons. The summed E-state index contributed by atoms with van der Waals surface area (Å²) >= 11 is 8.97. The molecule has 0 aliphatic rings. The Morgan fingerprint density at radius 2 is 2.33 bits per heavy atom. The van der Waals surface area contributed by atoms with Gasteiger partial charge in [-0.1, -0.05) is 21.4 Å². The number of fused-ring (bicyclic) bond motifs is 1. The fraction of sp³-hybridized carbons (Fsp3) is 0. The Bertz CT molecular complexity index is 490. The van der Waals surface area contributed by atoms with Gasteiger partial charge in [0.25, 0.3) is 5.52 Å². The number of benzene rings is 1. The highest BCUT2D eigenvalue weighted by atomic mass is 79.9. The number of hydrogen-bond donors (Lipinski definition) is 1. The van der Waals surface area contributed by atoms with Crippen molar-refractivity contribution < 1.29 is 9.23 Å². The summed E-state index contributed by atoms with van der Waals surface area (Å²) in [5, 5.41) is 2.95. The molecule has 0 fully saturated rings. The van der Waals surface area contributed by atoms with Crippen LogP contribution in [0.25, 0.3) is 11.0 Å². The van der Waals surface area contributed by atoms with Crippen molar-refractivity contribution >= 4 is 38.6 Å². The zero-order valence-electron chi connectivity index (χ0n) is 5.67. The van der Waals surface area contributed by atoms with Gasteiger partial charge < -0.3 is 0 Å². The Labute approximate surface area is 79.8 Å². The molecule has 0 spiro atoms. The van der Waals surface area contributed by atoms with Crippen molar-refractivity contribution in [2.75, 3.05) is 0 Å². The molecule has 0 amide bonds. The lowest BCUT2D eigenvalue weighted by Gasteiger charge is -1.88. The van der Waals surface area contributed by atoms with Crippen molar-refractivity contribution in [3.63, 3.8) is 0 Å². The monoisotopic (exact) mass is 249 g/mol. The quantitative estimate of drug-likeness (QED) is 0.778. The van der Waals surface area contributed by atoms with E-state index >= 15 is 0 Å². The van der Waals surface area contributed by atoms with Crippen LogP contribution in [0, 0.1) is 4.91 Å². The van der Waals surface area contributed by atoms with Crippen molar-refractivity contribution in [1.82, 2.24) is 5.16 Å². The van der Waals surface area contributed by atoms with Crippen LogP contribution in [0.5, 0.6) is 0 Å². The molecule has 1 N–H and O–H groups in total. The van der Waals surface area contributed by atoms with Gasteiger partial charge in [-0.25, -0.2) is 0 Å². The van der Waals surface area contributed by atoms with Crippen LogP contribution >= 0.6 is 27.5 Å². The van der Waals surface area contributed by atoms with Crippen LogP contribution in [-0.4, -0.2) is 5.16 Å². The van der Waals surface area contributed by atoms with Gasteiger partial charge in [0.15, 0.2) is 4.60 Å². The predicted molar refractivity (Wildman–Crippen MR) is 46.6 cm³/mol. The van der Waals surface area contributed by atoms with Crippen LogP contribution in [0.3, 0.4) is 0 Å². The van der Waals surface area contributed by atoms with Crippen LogP contribution < -0.4 is 4.60 Å². The van der Waals surface area contributed by atoms with Gasteiger partial charge in [0.1, 0.15) is 0 Å². The summed E-state index contributed by atoms with van der Waals surface area (Å²) in [4.78, 5) is 10.9. The van der Waals surface area contributed by atoms with Crippen LogP contribution in [0.4, 0.5) is 0 Å². The molecule has 0 aliphatic heterocycles. The Balaban J connectivity index is 2.97. The standard InChI is InChI=1S/C6H3BrClN2O2/c7-3-1-6-5(2-4(3)8)9-12-10(6)11/h1-2,9H/q+1. The average molecular weight is 250 g/mol. The third-order valence-corrected chi connectivity index (χ3v) is 2.67. The minimum atomic E-state index is 0.385. The fourth-order valence-corrected chi connectivity index (χ4v) is 1.40. The second-order valence-electron chi connectivity index (χ2n) is 2.23. The molecule has 0 saturated heterocycles. The first-order valence-electron chi connectivity index (χ1n) is 3.08. The maximum Gasteiger partial charge on any atom is 0.273 e. The van der Waals surface area contributed by atoms with Crippen molar-refractivity contribution in [3.8, 4) is 0 Å². The van der Waals surface area contributed by atoms with Crippen LogP contribution in [0.1, 0.15) is 0 Å². The highest BCUT2D eigenvalue weighted by Crippen LogP contribution is 2.25. The second kappa shape index (κ2) is 2.60. The van der Waals surface area contributed by atoms with Crippen LogP contribution in [0.2, 0.25) is 5.02 Å². The van der Waals surface area contributed by atoms with Gasteiger partial charge >= 0.3 is 0 Å². The first-order valence-corrected chi connectivity index (χ1v) is 4.25. The Morgan fingerprint density at radius 1 is 1.58 bits per heavy atom. The molecule has 1 heterocycles. The SMILES string of the molecule is O=[n+]1o[nH]c2cc(Cl)c(Br)cc21. The minimum Gasteiger partial charge on any atom is -0.0875 e. The Hall–Kier alpha value is -0.810. The molecule has 0 saturated carbocycles. The smallest absolute Gasteiger partial charge is 0.0875 e. The maximum absolute atomic E-state index is 10.9. The zero-order chi connectivity index (χ0) is 8.72. The minimum absolute atomic E-state index is 0.385. The van der Waals surface area contributed by atoms with E-state index in [9.17, 15) is 4.91 Å². The van der Waals surface area contributed by atoms with E-state index in [4.69, 9.17) is 11.6 Å². The summed E-state index contributed by atoms with van der Waals surface area (Å²) in [7, 11) is 0. The molecule has 12 heavy (non-hydrogen) atoms. The van der Waals surface area contributed by atoms with Crippen LogP contribution in [-0.2, 0) is 0 Å². The van der Waals surface area contributed by atoms with E-state index in [2.05, 4.69) is 25.7 Å². The van der Waals surface area contributed by atoms with Gasteiger partial charge in [0, 0.05) is 16.6 Å². The molecular weight excluding hydrogens is 247 g/mol. The van der Waals surface area contributed by atoms with Gasteiger partial charge in [-0.05, 0) is 20.8 Å². The summed E-state index contributed by atoms with van der Waals surface area (Å²) < 4.78 is 5.53. The summed E-state index contributed by atoms with van der Waals surface area (Å²) in [5.74, 6) is 0. The number of rotatable bonds is 0. The van der Waals surface area contributed by atoms with Gasteiger partial charge in [0.2, 0.25) is 5.52 Å². The van der Waals surface area contributed by atoms with Crippen molar-refractivity contribution in [3.05, 3.63) is 26.5 Å². The van der Waals surface area contributed by atoms with E-state index in [-0.39, 0.29) is 0 Å². The second-order valence-corrected chi connectivity index (χ2v) is 3.50. The number of hydrogen-bond acceptors (Lipinski definition) is 2. The Morgan fingerprint density at radius 3 is 3.08 bits per heavy atom. The van der Waals surface area contributed by atoms with Gasteiger partial charge in [-0.15, -0.1) is 0 Å². The first-order chi connectivity index (χ1) is 5.68. The number of aromatic amines is 1. The molecule has 1 aromatic heterocycles. The Kier molecular flexibility index (Phi) is 1.69. The number of aromatic nitrogens is 2. The average Bonchev–Trinajstić information content (AvgIpc) is 2.35. The first kappa shape index (κ1) is 7.82. The predicted octanol–water partition coefficient (Wildman–Crippen LogP) is 2.09. The maximum atomic E-state index is 10.9. The molecule has 0 atom stereocenters. The summed E-state index contributed by atoms with van der Waals surface area (Å²) in [5.41, 5.74) is 0.976. The molecule has 0 aliphatic carbocycles. The van der Waals surface area contributed by atoms with Crippen molar-refractivity contribution in [2.24, 2.45) is 0 Å². The molecule has 62 valence electrons. The summed E-state index contributed by atoms with van der Waals surface area (Å²) in [6.07, 6.45) is 0. The fourth-order valence-electron chi connectivity index (χ4n) is 0.909. The summed E-state index contributed by atoms with van der Waals surface area (Å²) in [6.45, 7) is 0. The molecular formula is C6H3BrClN2O2+. The lowest BCUT2D eigenvalue weighted by molar-refractivity contribution is -0.692. The lowest BCUT2D eigenvalue weighted by Crippen LogP contribution is -2.08. The number of nitrogens with zero attached hydrogens (tertiary/aromatic N) is 1. The van der Waals surface area contributed by atoms with Gasteiger partial charge in [-0.2, -0.15) is 0 Å². The lowest BCUT2D eigenvalue weighted by atomic mass is 10.3. The highest BCUT2D eigenvalue weighted by molar-refractivity contribution is 9.10. The largest absolute Gasteiger partial charge is 0.273 e. The van der Waals surface area contributed by atoms with E-state index < -0.39 is 0 Å². The molecule has 1 aromatic carbocycles. The van der Waals surface area contributed by atoms with E-state index in [0.29, 0.717) is 25.1 Å². The van der Waals surface area contributed by atoms with E-state index in [1.54, 1.807) is 12.1 Å². The van der Waals surface area contributed by atoms with Crippen molar-refractivity contribution in [2.45, 2.75) is 0 Å². The highest BCUT2D eigenvalue weighted by Gasteiger charge is 2.12. The topological polar surface area (TPSA) is 51.9 Å². The summed E-state index contributed by atoms with van der Waals surface area (Å²) in [6, 6.07) is 3.20. The zero-order valence-corrected chi connectivity index (χ0v) is 8.02. The number of halogens is 2. The number of nitrogens with one attached hydrogen (secondary N) is 1. The number of H-pyrrole nitrogens is 1.